The summed E-state index contributed by atoms with van der Waals surface area (Å²) in [4.78, 5) is 9.00. The van der Waals surface area contributed by atoms with E-state index in [2.05, 4.69) is 41.5 Å². The standard InChI is InChI=1S/C28H48O2.C2H4O2/c1-20(2)11-8-12-21(3)13-9-14-22(4)15-10-17-28(7)18-16-25-19-26(29)23(5)24(6)27(25)30-28;1-2(3)4/h19-22,29H,8-18H2,1-7H3;1H3,(H,3,4)/t21?,22?,28-;/m1./s1. The van der Waals surface area contributed by atoms with Gasteiger partial charge in [0.1, 0.15) is 17.1 Å². The van der Waals surface area contributed by atoms with Crippen molar-refractivity contribution in [1.29, 1.82) is 0 Å². The average molecular weight is 477 g/mol. The van der Waals surface area contributed by atoms with Gasteiger partial charge in [-0.05, 0) is 87.0 Å². The number of aryl methyl sites for hydroxylation is 1. The van der Waals surface area contributed by atoms with E-state index in [1.54, 1.807) is 0 Å². The second kappa shape index (κ2) is 14.6. The molecule has 0 saturated carbocycles. The summed E-state index contributed by atoms with van der Waals surface area (Å²) in [5.41, 5.74) is 3.16. The molecule has 3 atom stereocenters. The molecule has 1 aromatic rings. The Kier molecular flexibility index (Phi) is 13.1. The van der Waals surface area contributed by atoms with Crippen molar-refractivity contribution < 1.29 is 19.7 Å². The first-order valence-corrected chi connectivity index (χ1v) is 13.5. The summed E-state index contributed by atoms with van der Waals surface area (Å²) in [6, 6.07) is 1.91. The van der Waals surface area contributed by atoms with Crippen LogP contribution in [0.5, 0.6) is 11.5 Å². The van der Waals surface area contributed by atoms with Gasteiger partial charge in [0.2, 0.25) is 0 Å². The van der Waals surface area contributed by atoms with Gasteiger partial charge in [0.25, 0.3) is 5.97 Å². The Morgan fingerprint density at radius 2 is 1.47 bits per heavy atom. The first-order chi connectivity index (χ1) is 15.8. The Labute approximate surface area is 209 Å². The molecular formula is C30H52O4. The third-order valence-electron chi connectivity index (χ3n) is 7.44. The number of fused-ring (bicyclic) bond motifs is 1. The minimum atomic E-state index is -0.833. The molecule has 1 aliphatic heterocycles. The van der Waals surface area contributed by atoms with E-state index in [-0.39, 0.29) is 5.60 Å². The summed E-state index contributed by atoms with van der Waals surface area (Å²) in [6.45, 7) is 16.9. The number of carbonyl (C=O) groups is 1. The van der Waals surface area contributed by atoms with Crippen molar-refractivity contribution in [2.75, 3.05) is 0 Å². The van der Waals surface area contributed by atoms with E-state index in [0.717, 1.165) is 60.8 Å². The van der Waals surface area contributed by atoms with E-state index in [0.29, 0.717) is 5.75 Å². The van der Waals surface area contributed by atoms with Crippen molar-refractivity contribution >= 4 is 5.97 Å². The molecule has 1 aliphatic rings. The number of aromatic hydroxyl groups is 1. The number of hydrogen-bond acceptors (Lipinski definition) is 3. The Hall–Kier alpha value is -1.71. The Balaban J connectivity index is 0.00000133. The fourth-order valence-electron chi connectivity index (χ4n) is 4.94. The van der Waals surface area contributed by atoms with Gasteiger partial charge in [-0.2, -0.15) is 0 Å². The van der Waals surface area contributed by atoms with E-state index in [1.807, 2.05) is 13.0 Å². The molecule has 0 bridgehead atoms. The minimum absolute atomic E-state index is 0.0637. The molecule has 34 heavy (non-hydrogen) atoms. The SMILES string of the molecule is CC(=O)O.Cc1c(O)cc2c(c1C)O[C@](C)(CCCC(C)CCCC(C)CCCC(C)C)CC2. The van der Waals surface area contributed by atoms with Crippen LogP contribution in [0.2, 0.25) is 0 Å². The van der Waals surface area contributed by atoms with Crippen LogP contribution in [-0.2, 0) is 11.2 Å². The fraction of sp³-hybridized carbons (Fsp3) is 0.767. The van der Waals surface area contributed by atoms with Crippen molar-refractivity contribution in [1.82, 2.24) is 0 Å². The van der Waals surface area contributed by atoms with Crippen molar-refractivity contribution in [3.8, 4) is 11.5 Å². The van der Waals surface area contributed by atoms with E-state index in [4.69, 9.17) is 14.6 Å². The fourth-order valence-corrected chi connectivity index (χ4v) is 4.94. The van der Waals surface area contributed by atoms with Gasteiger partial charge in [-0.1, -0.05) is 72.6 Å². The van der Waals surface area contributed by atoms with E-state index in [1.165, 1.54) is 56.9 Å². The Morgan fingerprint density at radius 1 is 0.971 bits per heavy atom. The molecular weight excluding hydrogens is 424 g/mol. The first kappa shape index (κ1) is 30.3. The number of phenolic OH excluding ortho intramolecular Hbond substituents is 1. The van der Waals surface area contributed by atoms with E-state index >= 15 is 0 Å². The van der Waals surface area contributed by atoms with Crippen molar-refractivity contribution in [2.45, 2.75) is 132 Å². The molecule has 0 aromatic heterocycles. The molecule has 1 aromatic carbocycles. The highest BCUT2D eigenvalue weighted by molar-refractivity contribution is 5.63. The van der Waals surface area contributed by atoms with Crippen LogP contribution in [0, 0.1) is 31.6 Å². The smallest absolute Gasteiger partial charge is 0.300 e. The highest BCUT2D eigenvalue weighted by Crippen LogP contribution is 2.42. The zero-order valence-corrected chi connectivity index (χ0v) is 23.3. The van der Waals surface area contributed by atoms with Crippen LogP contribution < -0.4 is 4.74 Å². The summed E-state index contributed by atoms with van der Waals surface area (Å²) < 4.78 is 6.52. The lowest BCUT2D eigenvalue weighted by Gasteiger charge is -2.37. The number of carboxylic acids is 1. The molecule has 4 heteroatoms. The first-order valence-electron chi connectivity index (χ1n) is 13.5. The summed E-state index contributed by atoms with van der Waals surface area (Å²) in [6.07, 6.45) is 14.1. The maximum Gasteiger partial charge on any atom is 0.300 e. The summed E-state index contributed by atoms with van der Waals surface area (Å²) in [5, 5.41) is 17.5. The van der Waals surface area contributed by atoms with Gasteiger partial charge in [-0.25, -0.2) is 0 Å². The van der Waals surface area contributed by atoms with Gasteiger partial charge in [0, 0.05) is 6.92 Å². The van der Waals surface area contributed by atoms with Crippen LogP contribution in [0.15, 0.2) is 6.07 Å². The Bertz CT molecular complexity index is 751. The lowest BCUT2D eigenvalue weighted by Crippen LogP contribution is -2.36. The predicted octanol–water partition coefficient (Wildman–Crippen LogP) is 8.62. The largest absolute Gasteiger partial charge is 0.508 e. The monoisotopic (exact) mass is 476 g/mol. The maximum absolute atomic E-state index is 10.1. The summed E-state index contributed by atoms with van der Waals surface area (Å²) >= 11 is 0. The lowest BCUT2D eigenvalue weighted by atomic mass is 9.85. The maximum atomic E-state index is 10.1. The van der Waals surface area contributed by atoms with Gasteiger partial charge >= 0.3 is 0 Å². The quantitative estimate of drug-likeness (QED) is 0.317. The third kappa shape index (κ3) is 11.1. The van der Waals surface area contributed by atoms with Crippen LogP contribution in [0.4, 0.5) is 0 Å². The zero-order chi connectivity index (χ0) is 25.9. The lowest BCUT2D eigenvalue weighted by molar-refractivity contribution is -0.134. The molecule has 1 heterocycles. The second-order valence-electron chi connectivity index (χ2n) is 11.6. The molecule has 0 aliphatic carbocycles. The topological polar surface area (TPSA) is 66.8 Å². The number of aliphatic carboxylic acids is 1. The number of hydrogen-bond donors (Lipinski definition) is 2. The molecule has 2 unspecified atom stereocenters. The zero-order valence-electron chi connectivity index (χ0n) is 23.3. The predicted molar refractivity (Wildman–Crippen MR) is 143 cm³/mol. The summed E-state index contributed by atoms with van der Waals surface area (Å²) in [7, 11) is 0. The average Bonchev–Trinajstić information content (AvgIpc) is 2.72. The molecule has 0 fully saturated rings. The molecule has 196 valence electrons. The van der Waals surface area contributed by atoms with Crippen molar-refractivity contribution in [2.24, 2.45) is 17.8 Å². The molecule has 2 rings (SSSR count). The third-order valence-corrected chi connectivity index (χ3v) is 7.44. The molecule has 4 nitrogen and oxygen atoms in total. The minimum Gasteiger partial charge on any atom is -0.508 e. The number of ether oxygens (including phenoxy) is 1. The number of carboxylic acid groups (broad SMARTS) is 1. The van der Waals surface area contributed by atoms with Crippen LogP contribution in [0.1, 0.15) is 122 Å². The molecule has 0 saturated heterocycles. The van der Waals surface area contributed by atoms with Crippen molar-refractivity contribution in [3.63, 3.8) is 0 Å². The number of rotatable bonds is 12. The van der Waals surface area contributed by atoms with Crippen LogP contribution >= 0.6 is 0 Å². The van der Waals surface area contributed by atoms with Gasteiger partial charge < -0.3 is 14.9 Å². The Morgan fingerprint density at radius 3 is 2.00 bits per heavy atom. The van der Waals surface area contributed by atoms with E-state index in [9.17, 15) is 5.11 Å². The van der Waals surface area contributed by atoms with Crippen molar-refractivity contribution in [3.05, 3.63) is 22.8 Å². The second-order valence-corrected chi connectivity index (χ2v) is 11.6. The highest BCUT2D eigenvalue weighted by atomic mass is 16.5. The van der Waals surface area contributed by atoms with Crippen LogP contribution in [0.3, 0.4) is 0 Å². The van der Waals surface area contributed by atoms with Gasteiger partial charge in [-0.3, -0.25) is 4.79 Å². The summed E-state index contributed by atoms with van der Waals surface area (Å²) in [5.74, 6) is 3.14. The molecule has 2 N–H and O–H groups in total. The van der Waals surface area contributed by atoms with Gasteiger partial charge in [0.15, 0.2) is 0 Å². The highest BCUT2D eigenvalue weighted by Gasteiger charge is 2.33. The van der Waals surface area contributed by atoms with Gasteiger partial charge in [0.05, 0.1) is 0 Å². The normalized spacial score (nSPS) is 19.0. The molecule has 0 radical (unpaired) electrons. The van der Waals surface area contributed by atoms with Crippen LogP contribution in [-0.4, -0.2) is 21.8 Å². The number of phenols is 1. The molecule has 0 amide bonds. The number of benzene rings is 1. The van der Waals surface area contributed by atoms with Crippen LogP contribution in [0.25, 0.3) is 0 Å². The van der Waals surface area contributed by atoms with E-state index < -0.39 is 5.97 Å². The molecule has 0 spiro atoms. The van der Waals surface area contributed by atoms with Gasteiger partial charge in [-0.15, -0.1) is 0 Å².